The minimum atomic E-state index is -1.15. The number of amides is 3. The second-order valence-electron chi connectivity index (χ2n) is 4.61. The number of carbonyl (C=O) groups is 4. The van der Waals surface area contributed by atoms with Gasteiger partial charge >= 0.3 is 18.0 Å². The van der Waals surface area contributed by atoms with E-state index in [-0.39, 0.29) is 18.4 Å². The number of urea groups is 1. The number of carboxylic acids is 1. The van der Waals surface area contributed by atoms with E-state index in [2.05, 4.69) is 15.4 Å². The fraction of sp³-hybridized carbons (Fsp3) is 0.667. The number of nitrogens with zero attached hydrogens (tertiary/aromatic N) is 1. The predicted molar refractivity (Wildman–Crippen MR) is 70.4 cm³/mol. The zero-order valence-electron chi connectivity index (χ0n) is 11.8. The Labute approximate surface area is 121 Å². The minimum Gasteiger partial charge on any atom is -0.480 e. The SMILES string of the molecule is COC(=O)C1CCN(C(=O)NCC(=O)NCC(=O)O)CC1. The molecule has 1 aliphatic heterocycles. The highest BCUT2D eigenvalue weighted by molar-refractivity contribution is 5.86. The maximum absolute atomic E-state index is 11.8. The van der Waals surface area contributed by atoms with E-state index in [1.807, 2.05) is 0 Å². The molecule has 1 fully saturated rings. The number of hydrogen-bond donors (Lipinski definition) is 3. The first-order valence-corrected chi connectivity index (χ1v) is 6.53. The van der Waals surface area contributed by atoms with Gasteiger partial charge in [-0.25, -0.2) is 4.79 Å². The van der Waals surface area contributed by atoms with Crippen LogP contribution in [0.1, 0.15) is 12.8 Å². The molecule has 118 valence electrons. The third kappa shape index (κ3) is 5.67. The fourth-order valence-electron chi connectivity index (χ4n) is 1.99. The summed E-state index contributed by atoms with van der Waals surface area (Å²) >= 11 is 0. The molecular weight excluding hydrogens is 282 g/mol. The maximum atomic E-state index is 11.8. The summed E-state index contributed by atoms with van der Waals surface area (Å²) in [6, 6.07) is -0.413. The Balaban J connectivity index is 2.26. The molecule has 9 nitrogen and oxygen atoms in total. The lowest BCUT2D eigenvalue weighted by Gasteiger charge is -2.30. The molecule has 1 aliphatic rings. The van der Waals surface area contributed by atoms with Crippen molar-refractivity contribution in [1.29, 1.82) is 0 Å². The first kappa shape index (κ1) is 16.7. The highest BCUT2D eigenvalue weighted by Gasteiger charge is 2.27. The van der Waals surface area contributed by atoms with Crippen molar-refractivity contribution in [2.24, 2.45) is 5.92 Å². The van der Waals surface area contributed by atoms with E-state index in [0.717, 1.165) is 0 Å². The first-order chi connectivity index (χ1) is 9.93. The van der Waals surface area contributed by atoms with Crippen LogP contribution in [0.25, 0.3) is 0 Å². The van der Waals surface area contributed by atoms with Gasteiger partial charge in [-0.05, 0) is 12.8 Å². The summed E-state index contributed by atoms with van der Waals surface area (Å²) in [5, 5.41) is 12.9. The quantitative estimate of drug-likeness (QED) is 0.547. The van der Waals surface area contributed by atoms with E-state index in [1.165, 1.54) is 12.0 Å². The minimum absolute atomic E-state index is 0.196. The summed E-state index contributed by atoms with van der Waals surface area (Å²) in [5.74, 6) is -2.20. The molecule has 21 heavy (non-hydrogen) atoms. The zero-order valence-corrected chi connectivity index (χ0v) is 11.8. The van der Waals surface area contributed by atoms with Crippen LogP contribution in [0.4, 0.5) is 4.79 Å². The smallest absolute Gasteiger partial charge is 0.322 e. The zero-order chi connectivity index (χ0) is 15.8. The van der Waals surface area contributed by atoms with Gasteiger partial charge in [-0.1, -0.05) is 0 Å². The molecule has 0 aromatic carbocycles. The first-order valence-electron chi connectivity index (χ1n) is 6.53. The van der Waals surface area contributed by atoms with E-state index in [1.54, 1.807) is 0 Å². The van der Waals surface area contributed by atoms with Gasteiger partial charge in [0.15, 0.2) is 0 Å². The Kier molecular flexibility index (Phi) is 6.44. The van der Waals surface area contributed by atoms with Crippen LogP contribution in [0, 0.1) is 5.92 Å². The summed E-state index contributed by atoms with van der Waals surface area (Å²) in [6.07, 6.45) is 1.04. The van der Waals surface area contributed by atoms with Gasteiger partial charge in [0.2, 0.25) is 5.91 Å². The predicted octanol–water partition coefficient (Wildman–Crippen LogP) is -1.22. The normalized spacial score (nSPS) is 15.2. The van der Waals surface area contributed by atoms with Gasteiger partial charge in [-0.15, -0.1) is 0 Å². The van der Waals surface area contributed by atoms with Crippen molar-refractivity contribution in [2.45, 2.75) is 12.8 Å². The van der Waals surface area contributed by atoms with Gasteiger partial charge in [-0.3, -0.25) is 14.4 Å². The molecule has 1 saturated heterocycles. The van der Waals surface area contributed by atoms with Crippen LogP contribution in [-0.4, -0.2) is 67.2 Å². The molecule has 0 aromatic rings. The number of methoxy groups -OCH3 is 1. The van der Waals surface area contributed by atoms with Crippen LogP contribution in [0.3, 0.4) is 0 Å². The molecule has 0 bridgehead atoms. The monoisotopic (exact) mass is 301 g/mol. The van der Waals surface area contributed by atoms with Gasteiger partial charge in [-0.2, -0.15) is 0 Å². The number of hydrogen-bond acceptors (Lipinski definition) is 5. The van der Waals surface area contributed by atoms with Gasteiger partial charge in [0.1, 0.15) is 6.54 Å². The molecule has 0 unspecified atom stereocenters. The molecular formula is C12H19N3O6. The molecule has 0 radical (unpaired) electrons. The van der Waals surface area contributed by atoms with Crippen LogP contribution >= 0.6 is 0 Å². The Hall–Kier alpha value is -2.32. The number of carboxylic acid groups (broad SMARTS) is 1. The van der Waals surface area contributed by atoms with E-state index in [9.17, 15) is 19.2 Å². The van der Waals surface area contributed by atoms with Gasteiger partial charge in [0.05, 0.1) is 19.6 Å². The van der Waals surface area contributed by atoms with Crippen molar-refractivity contribution in [1.82, 2.24) is 15.5 Å². The van der Waals surface area contributed by atoms with E-state index < -0.39 is 24.5 Å². The van der Waals surface area contributed by atoms with Crippen molar-refractivity contribution in [3.05, 3.63) is 0 Å². The number of esters is 1. The second-order valence-corrected chi connectivity index (χ2v) is 4.61. The number of nitrogens with one attached hydrogen (secondary N) is 2. The standard InChI is InChI=1S/C12H19N3O6/c1-21-11(19)8-2-4-15(5-3-8)12(20)14-6-9(16)13-7-10(17)18/h8H,2-7H2,1H3,(H,13,16)(H,14,20)(H,17,18). The topological polar surface area (TPSA) is 125 Å². The maximum Gasteiger partial charge on any atom is 0.322 e. The number of ether oxygens (including phenoxy) is 1. The Bertz CT molecular complexity index is 417. The van der Waals surface area contributed by atoms with Crippen molar-refractivity contribution >= 4 is 23.9 Å². The van der Waals surface area contributed by atoms with E-state index in [0.29, 0.717) is 25.9 Å². The van der Waals surface area contributed by atoms with E-state index in [4.69, 9.17) is 5.11 Å². The van der Waals surface area contributed by atoms with Crippen LogP contribution in [-0.2, 0) is 19.1 Å². The molecule has 0 atom stereocenters. The van der Waals surface area contributed by atoms with Gasteiger partial charge in [0, 0.05) is 13.1 Å². The van der Waals surface area contributed by atoms with Gasteiger partial charge in [0.25, 0.3) is 0 Å². The largest absolute Gasteiger partial charge is 0.480 e. The third-order valence-electron chi connectivity index (χ3n) is 3.15. The molecule has 3 amide bonds. The lowest BCUT2D eigenvalue weighted by Crippen LogP contribution is -2.48. The van der Waals surface area contributed by atoms with Crippen LogP contribution in [0.2, 0.25) is 0 Å². The summed E-state index contributed by atoms with van der Waals surface area (Å²) < 4.78 is 4.65. The molecule has 1 rings (SSSR count). The summed E-state index contributed by atoms with van der Waals surface area (Å²) in [4.78, 5) is 46.1. The van der Waals surface area contributed by atoms with Crippen molar-refractivity contribution in [2.75, 3.05) is 33.3 Å². The van der Waals surface area contributed by atoms with E-state index >= 15 is 0 Å². The van der Waals surface area contributed by atoms with Crippen molar-refractivity contribution in [3.63, 3.8) is 0 Å². The lowest BCUT2D eigenvalue weighted by atomic mass is 9.97. The molecule has 0 aliphatic carbocycles. The number of likely N-dealkylation sites (tertiary alicyclic amines) is 1. The van der Waals surface area contributed by atoms with Crippen molar-refractivity contribution < 1.29 is 29.0 Å². The average Bonchev–Trinajstić information content (AvgIpc) is 2.49. The Morgan fingerprint density at radius 2 is 1.76 bits per heavy atom. The fourth-order valence-corrected chi connectivity index (χ4v) is 1.99. The highest BCUT2D eigenvalue weighted by Crippen LogP contribution is 2.18. The summed E-state index contributed by atoms with van der Waals surface area (Å²) in [5.41, 5.74) is 0. The van der Waals surface area contributed by atoms with Crippen LogP contribution in [0.5, 0.6) is 0 Å². The number of piperidine rings is 1. The average molecular weight is 301 g/mol. The number of rotatable bonds is 5. The molecule has 3 N–H and O–H groups in total. The van der Waals surface area contributed by atoms with Crippen LogP contribution in [0.15, 0.2) is 0 Å². The highest BCUT2D eigenvalue weighted by atomic mass is 16.5. The van der Waals surface area contributed by atoms with Crippen molar-refractivity contribution in [3.8, 4) is 0 Å². The third-order valence-corrected chi connectivity index (χ3v) is 3.15. The summed E-state index contributed by atoms with van der Waals surface area (Å²) in [6.45, 7) is 0.0347. The number of aliphatic carboxylic acids is 1. The summed E-state index contributed by atoms with van der Waals surface area (Å²) in [7, 11) is 1.33. The Morgan fingerprint density at radius 3 is 2.29 bits per heavy atom. The molecule has 0 saturated carbocycles. The van der Waals surface area contributed by atoms with Crippen LogP contribution < -0.4 is 10.6 Å². The number of carbonyl (C=O) groups excluding carboxylic acids is 3. The molecule has 0 spiro atoms. The molecule has 1 heterocycles. The van der Waals surface area contributed by atoms with Gasteiger partial charge < -0.3 is 25.4 Å². The lowest BCUT2D eigenvalue weighted by molar-refractivity contribution is -0.146. The molecule has 9 heteroatoms. The molecule has 0 aromatic heterocycles. The Morgan fingerprint density at radius 1 is 1.14 bits per heavy atom. The second kappa shape index (κ2) is 8.08.